The summed E-state index contributed by atoms with van der Waals surface area (Å²) < 4.78 is 75.1. The number of alkyl halides is 6. The highest BCUT2D eigenvalue weighted by Crippen LogP contribution is 2.25. The molecule has 1 rings (SSSR count). The van der Waals surface area contributed by atoms with Gasteiger partial charge in [0, 0.05) is 18.2 Å². The van der Waals surface area contributed by atoms with Crippen LogP contribution in [0, 0.1) is 0 Å². The number of carbonyl (C=O) groups is 1. The molecule has 0 unspecified atom stereocenters. The Morgan fingerprint density at radius 2 is 1.80 bits per heavy atom. The second-order valence-electron chi connectivity index (χ2n) is 3.74. The highest BCUT2D eigenvalue weighted by Gasteiger charge is 2.31. The van der Waals surface area contributed by atoms with Gasteiger partial charge in [0.05, 0.1) is 6.42 Å². The molecule has 0 bridgehead atoms. The van der Waals surface area contributed by atoms with E-state index in [9.17, 15) is 31.1 Å². The minimum atomic E-state index is -4.89. The zero-order valence-corrected chi connectivity index (χ0v) is 9.81. The molecule has 0 aromatic heterocycles. The van der Waals surface area contributed by atoms with Crippen molar-refractivity contribution in [3.63, 3.8) is 0 Å². The van der Waals surface area contributed by atoms with Gasteiger partial charge in [0.15, 0.2) is 0 Å². The summed E-state index contributed by atoms with van der Waals surface area (Å²) in [6.07, 6.45) is -11.5. The zero-order chi connectivity index (χ0) is 15.4. The summed E-state index contributed by atoms with van der Waals surface area (Å²) in [6.45, 7) is 0. The molecule has 0 radical (unpaired) electrons. The molecule has 0 heterocycles. The maximum atomic E-state index is 12.0. The van der Waals surface area contributed by atoms with Gasteiger partial charge in [0.2, 0.25) is 5.91 Å². The Hall–Kier alpha value is -1.93. The molecule has 1 aromatic carbocycles. The van der Waals surface area contributed by atoms with Crippen LogP contribution in [0.15, 0.2) is 24.3 Å². The van der Waals surface area contributed by atoms with Crippen LogP contribution in [0.5, 0.6) is 5.75 Å². The van der Waals surface area contributed by atoms with Gasteiger partial charge in [-0.3, -0.25) is 4.79 Å². The fraction of sp³-hybridized carbons (Fsp3) is 0.364. The number of amides is 1. The average Bonchev–Trinajstić information content (AvgIpc) is 2.23. The van der Waals surface area contributed by atoms with Crippen molar-refractivity contribution in [2.75, 3.05) is 5.32 Å². The Balaban J connectivity index is 2.60. The molecule has 112 valence electrons. The van der Waals surface area contributed by atoms with Crippen molar-refractivity contribution in [3.8, 4) is 5.75 Å². The summed E-state index contributed by atoms with van der Waals surface area (Å²) in [5, 5.41) is 2.05. The number of hydrogen-bond acceptors (Lipinski definition) is 2. The lowest BCUT2D eigenvalue weighted by atomic mass is 10.2. The molecule has 0 saturated heterocycles. The van der Waals surface area contributed by atoms with Crippen molar-refractivity contribution in [1.82, 2.24) is 0 Å². The minimum absolute atomic E-state index is 0.0843. The molecule has 0 fully saturated rings. The van der Waals surface area contributed by atoms with Gasteiger partial charge >= 0.3 is 12.5 Å². The smallest absolute Gasteiger partial charge is 0.406 e. The van der Waals surface area contributed by atoms with E-state index in [0.29, 0.717) is 0 Å². The largest absolute Gasteiger partial charge is 0.573 e. The van der Waals surface area contributed by atoms with Crippen LogP contribution in [0.4, 0.5) is 32.0 Å². The molecule has 3 nitrogen and oxygen atoms in total. The molecule has 0 spiro atoms. The Morgan fingerprint density at radius 3 is 2.35 bits per heavy atom. The van der Waals surface area contributed by atoms with Gasteiger partial charge in [0.1, 0.15) is 5.75 Å². The number of benzene rings is 1. The second kappa shape index (κ2) is 6.02. The van der Waals surface area contributed by atoms with Crippen LogP contribution in [0.1, 0.15) is 12.8 Å². The van der Waals surface area contributed by atoms with E-state index in [0.717, 1.165) is 12.1 Å². The molecule has 1 amide bonds. The fourth-order valence-electron chi connectivity index (χ4n) is 1.25. The van der Waals surface area contributed by atoms with Crippen LogP contribution in [-0.4, -0.2) is 18.4 Å². The molecule has 0 aliphatic heterocycles. The first-order chi connectivity index (χ1) is 9.05. The molecule has 0 aliphatic rings. The summed E-state index contributed by atoms with van der Waals surface area (Å²) in [7, 11) is 0. The monoisotopic (exact) mass is 301 g/mol. The van der Waals surface area contributed by atoms with E-state index in [1.54, 1.807) is 0 Å². The lowest BCUT2D eigenvalue weighted by Gasteiger charge is -2.11. The fourth-order valence-corrected chi connectivity index (χ4v) is 1.25. The van der Waals surface area contributed by atoms with E-state index in [1.165, 1.54) is 12.1 Å². The molecule has 20 heavy (non-hydrogen) atoms. The normalized spacial score (nSPS) is 12.1. The standard InChI is InChI=1S/C11H9F6NO2/c12-10(13,14)5-4-9(19)18-7-2-1-3-8(6-7)20-11(15,16)17/h1-3,6H,4-5H2,(H,18,19). The first-order valence-corrected chi connectivity index (χ1v) is 5.27. The summed E-state index contributed by atoms with van der Waals surface area (Å²) in [4.78, 5) is 11.2. The van der Waals surface area contributed by atoms with Crippen LogP contribution in [0.2, 0.25) is 0 Å². The summed E-state index contributed by atoms with van der Waals surface area (Å²) in [6, 6.07) is 4.26. The van der Waals surface area contributed by atoms with Crippen molar-refractivity contribution >= 4 is 11.6 Å². The lowest BCUT2D eigenvalue weighted by molar-refractivity contribution is -0.274. The van der Waals surface area contributed by atoms with E-state index >= 15 is 0 Å². The third kappa shape index (κ3) is 6.86. The van der Waals surface area contributed by atoms with Gasteiger partial charge in [-0.05, 0) is 12.1 Å². The van der Waals surface area contributed by atoms with Crippen LogP contribution in [-0.2, 0) is 4.79 Å². The Bertz CT molecular complexity index is 469. The average molecular weight is 301 g/mol. The van der Waals surface area contributed by atoms with Gasteiger partial charge in [-0.25, -0.2) is 0 Å². The molecular formula is C11H9F6NO2. The predicted octanol–water partition coefficient (Wildman–Crippen LogP) is 3.87. The van der Waals surface area contributed by atoms with Crippen molar-refractivity contribution in [2.45, 2.75) is 25.4 Å². The van der Waals surface area contributed by atoms with E-state index in [2.05, 4.69) is 10.1 Å². The first kappa shape index (κ1) is 16.1. The van der Waals surface area contributed by atoms with Gasteiger partial charge in [-0.2, -0.15) is 13.2 Å². The Morgan fingerprint density at radius 1 is 1.15 bits per heavy atom. The number of ether oxygens (including phenoxy) is 1. The van der Waals surface area contributed by atoms with Crippen molar-refractivity contribution < 1.29 is 35.9 Å². The van der Waals surface area contributed by atoms with Gasteiger partial charge in [-0.1, -0.05) is 6.07 Å². The van der Waals surface area contributed by atoms with Gasteiger partial charge in [0.25, 0.3) is 0 Å². The number of nitrogens with one attached hydrogen (secondary N) is 1. The minimum Gasteiger partial charge on any atom is -0.406 e. The molecule has 1 aromatic rings. The van der Waals surface area contributed by atoms with Crippen molar-refractivity contribution in [3.05, 3.63) is 24.3 Å². The SMILES string of the molecule is O=C(CCC(F)(F)F)Nc1cccc(OC(F)(F)F)c1. The van der Waals surface area contributed by atoms with Crippen LogP contribution in [0.25, 0.3) is 0 Å². The Kier molecular flexibility index (Phi) is 4.85. The number of halogens is 6. The van der Waals surface area contributed by atoms with Gasteiger partial charge in [-0.15, -0.1) is 13.2 Å². The third-order valence-electron chi connectivity index (χ3n) is 1.99. The maximum absolute atomic E-state index is 12.0. The number of hydrogen-bond donors (Lipinski definition) is 1. The highest BCUT2D eigenvalue weighted by molar-refractivity contribution is 5.90. The molecule has 0 atom stereocenters. The van der Waals surface area contributed by atoms with E-state index in [4.69, 9.17) is 0 Å². The van der Waals surface area contributed by atoms with E-state index in [-0.39, 0.29) is 5.69 Å². The highest BCUT2D eigenvalue weighted by atomic mass is 19.4. The van der Waals surface area contributed by atoms with Crippen LogP contribution >= 0.6 is 0 Å². The predicted molar refractivity (Wildman–Crippen MR) is 57.0 cm³/mol. The van der Waals surface area contributed by atoms with Crippen LogP contribution < -0.4 is 10.1 Å². The summed E-state index contributed by atoms with van der Waals surface area (Å²) >= 11 is 0. The molecule has 0 saturated carbocycles. The molecule has 9 heteroatoms. The molecule has 0 aliphatic carbocycles. The van der Waals surface area contributed by atoms with Crippen molar-refractivity contribution in [1.29, 1.82) is 0 Å². The second-order valence-corrected chi connectivity index (χ2v) is 3.74. The third-order valence-corrected chi connectivity index (χ3v) is 1.99. The Labute approximate surface area is 109 Å². The summed E-state index contributed by atoms with van der Waals surface area (Å²) in [5.41, 5.74) is -0.0843. The lowest BCUT2D eigenvalue weighted by Crippen LogP contribution is -2.18. The van der Waals surface area contributed by atoms with Crippen LogP contribution in [0.3, 0.4) is 0 Å². The molecular weight excluding hydrogens is 292 g/mol. The first-order valence-electron chi connectivity index (χ1n) is 5.27. The zero-order valence-electron chi connectivity index (χ0n) is 9.81. The number of carbonyl (C=O) groups excluding carboxylic acids is 1. The maximum Gasteiger partial charge on any atom is 0.573 e. The number of rotatable bonds is 4. The van der Waals surface area contributed by atoms with E-state index in [1.807, 2.05) is 0 Å². The van der Waals surface area contributed by atoms with Crippen molar-refractivity contribution in [2.24, 2.45) is 0 Å². The van der Waals surface area contributed by atoms with Gasteiger partial charge < -0.3 is 10.1 Å². The summed E-state index contributed by atoms with van der Waals surface area (Å²) in [5.74, 6) is -1.53. The number of anilines is 1. The van der Waals surface area contributed by atoms with E-state index < -0.39 is 37.0 Å². The quantitative estimate of drug-likeness (QED) is 0.857. The topological polar surface area (TPSA) is 38.3 Å². The molecule has 1 N–H and O–H groups in total.